The fourth-order valence-electron chi connectivity index (χ4n) is 1.77. The zero-order chi connectivity index (χ0) is 12.8. The minimum absolute atomic E-state index is 0.0564. The Morgan fingerprint density at radius 2 is 1.72 bits per heavy atom. The second kappa shape index (κ2) is 5.87. The van der Waals surface area contributed by atoms with E-state index in [-0.39, 0.29) is 6.42 Å². The van der Waals surface area contributed by atoms with Crippen LogP contribution < -0.4 is 5.32 Å². The van der Waals surface area contributed by atoms with Crippen molar-refractivity contribution in [1.82, 2.24) is 0 Å². The van der Waals surface area contributed by atoms with Crippen molar-refractivity contribution in [1.29, 1.82) is 0 Å². The van der Waals surface area contributed by atoms with Gasteiger partial charge in [-0.15, -0.1) is 0 Å². The second-order valence-electron chi connectivity index (χ2n) is 4.11. The summed E-state index contributed by atoms with van der Waals surface area (Å²) in [6, 6.07) is 17.6. The lowest BCUT2D eigenvalue weighted by Gasteiger charge is -2.07. The molecule has 3 nitrogen and oxygen atoms in total. The van der Waals surface area contributed by atoms with Gasteiger partial charge in [0.15, 0.2) is 0 Å². The van der Waals surface area contributed by atoms with Gasteiger partial charge in [-0.3, -0.25) is 4.79 Å². The van der Waals surface area contributed by atoms with Crippen molar-refractivity contribution in [2.24, 2.45) is 0 Å². The standard InChI is InChI=1S/C15H15NO2/c17-15(18)10-13-7-4-8-14(9-13)16-11-12-5-2-1-3-6-12/h1-9,16H,10-11H2,(H,17,18). The summed E-state index contributed by atoms with van der Waals surface area (Å²) >= 11 is 0. The highest BCUT2D eigenvalue weighted by Gasteiger charge is 2.01. The summed E-state index contributed by atoms with van der Waals surface area (Å²) in [6.07, 6.45) is 0.0564. The molecule has 0 saturated carbocycles. The molecular formula is C15H15NO2. The third-order valence-electron chi connectivity index (χ3n) is 2.62. The van der Waals surface area contributed by atoms with Gasteiger partial charge in [0.05, 0.1) is 6.42 Å². The maximum atomic E-state index is 10.6. The van der Waals surface area contributed by atoms with Crippen LogP contribution in [0.4, 0.5) is 5.69 Å². The van der Waals surface area contributed by atoms with Crippen molar-refractivity contribution in [2.45, 2.75) is 13.0 Å². The lowest BCUT2D eigenvalue weighted by Crippen LogP contribution is -2.02. The number of hydrogen-bond donors (Lipinski definition) is 2. The Bertz CT molecular complexity index is 523. The van der Waals surface area contributed by atoms with Gasteiger partial charge in [-0.25, -0.2) is 0 Å². The Kier molecular flexibility index (Phi) is 3.97. The lowest BCUT2D eigenvalue weighted by atomic mass is 10.1. The monoisotopic (exact) mass is 241 g/mol. The van der Waals surface area contributed by atoms with E-state index in [9.17, 15) is 4.79 Å². The number of nitrogens with one attached hydrogen (secondary N) is 1. The Balaban J connectivity index is 1.99. The number of hydrogen-bond acceptors (Lipinski definition) is 2. The topological polar surface area (TPSA) is 49.3 Å². The van der Waals surface area contributed by atoms with E-state index < -0.39 is 5.97 Å². The summed E-state index contributed by atoms with van der Waals surface area (Å²) in [5.74, 6) is -0.810. The Morgan fingerprint density at radius 3 is 2.44 bits per heavy atom. The van der Waals surface area contributed by atoms with E-state index in [0.717, 1.165) is 17.8 Å². The van der Waals surface area contributed by atoms with Crippen LogP contribution in [0.3, 0.4) is 0 Å². The van der Waals surface area contributed by atoms with Gasteiger partial charge in [-0.2, -0.15) is 0 Å². The molecule has 0 atom stereocenters. The molecule has 0 aliphatic heterocycles. The maximum Gasteiger partial charge on any atom is 0.307 e. The number of benzene rings is 2. The van der Waals surface area contributed by atoms with Crippen molar-refractivity contribution in [3.05, 3.63) is 65.7 Å². The van der Waals surface area contributed by atoms with Gasteiger partial charge in [0, 0.05) is 12.2 Å². The predicted molar refractivity (Wildman–Crippen MR) is 71.6 cm³/mol. The van der Waals surface area contributed by atoms with Crippen LogP contribution in [0.15, 0.2) is 54.6 Å². The van der Waals surface area contributed by atoms with Crippen LogP contribution >= 0.6 is 0 Å². The van der Waals surface area contributed by atoms with Crippen molar-refractivity contribution in [3.63, 3.8) is 0 Å². The van der Waals surface area contributed by atoms with E-state index in [0.29, 0.717) is 0 Å². The summed E-state index contributed by atoms with van der Waals surface area (Å²) in [4.78, 5) is 10.6. The highest BCUT2D eigenvalue weighted by molar-refractivity contribution is 5.70. The molecule has 0 amide bonds. The molecule has 0 unspecified atom stereocenters. The third kappa shape index (κ3) is 3.63. The number of rotatable bonds is 5. The van der Waals surface area contributed by atoms with E-state index in [1.54, 1.807) is 0 Å². The zero-order valence-corrected chi connectivity index (χ0v) is 9.97. The first-order chi connectivity index (χ1) is 8.74. The van der Waals surface area contributed by atoms with Crippen LogP contribution in [0.2, 0.25) is 0 Å². The molecule has 3 heteroatoms. The molecule has 0 saturated heterocycles. The van der Waals surface area contributed by atoms with Gasteiger partial charge in [-0.1, -0.05) is 42.5 Å². The lowest BCUT2D eigenvalue weighted by molar-refractivity contribution is -0.136. The molecule has 0 aliphatic rings. The highest BCUT2D eigenvalue weighted by Crippen LogP contribution is 2.12. The van der Waals surface area contributed by atoms with E-state index in [2.05, 4.69) is 5.32 Å². The van der Waals surface area contributed by atoms with Crippen molar-refractivity contribution < 1.29 is 9.90 Å². The SMILES string of the molecule is O=C(O)Cc1cccc(NCc2ccccc2)c1. The largest absolute Gasteiger partial charge is 0.481 e. The third-order valence-corrected chi connectivity index (χ3v) is 2.62. The smallest absolute Gasteiger partial charge is 0.307 e. The summed E-state index contributed by atoms with van der Waals surface area (Å²) in [7, 11) is 0. The zero-order valence-electron chi connectivity index (χ0n) is 9.97. The molecule has 0 spiro atoms. The van der Waals surface area contributed by atoms with E-state index in [1.165, 1.54) is 5.56 Å². The molecule has 0 bridgehead atoms. The summed E-state index contributed by atoms with van der Waals surface area (Å²) in [5.41, 5.74) is 2.94. The van der Waals surface area contributed by atoms with Gasteiger partial charge in [-0.05, 0) is 23.3 Å². The normalized spacial score (nSPS) is 10.0. The first-order valence-corrected chi connectivity index (χ1v) is 5.82. The Hall–Kier alpha value is -2.29. The van der Waals surface area contributed by atoms with Crippen LogP contribution in [0.5, 0.6) is 0 Å². The number of aliphatic carboxylic acids is 1. The molecule has 2 aromatic rings. The van der Waals surface area contributed by atoms with Crippen LogP contribution in [0.25, 0.3) is 0 Å². The van der Waals surface area contributed by atoms with Gasteiger partial charge < -0.3 is 10.4 Å². The molecule has 18 heavy (non-hydrogen) atoms. The quantitative estimate of drug-likeness (QED) is 0.846. The first-order valence-electron chi connectivity index (χ1n) is 5.82. The average Bonchev–Trinajstić information content (AvgIpc) is 2.37. The molecular weight excluding hydrogens is 226 g/mol. The minimum Gasteiger partial charge on any atom is -0.481 e. The Morgan fingerprint density at radius 1 is 1.00 bits per heavy atom. The second-order valence-corrected chi connectivity index (χ2v) is 4.11. The molecule has 92 valence electrons. The molecule has 2 N–H and O–H groups in total. The molecule has 0 aromatic heterocycles. The molecule has 0 aliphatic carbocycles. The maximum absolute atomic E-state index is 10.6. The number of carboxylic acid groups (broad SMARTS) is 1. The molecule has 2 rings (SSSR count). The van der Waals surface area contributed by atoms with Crippen molar-refractivity contribution in [2.75, 3.05) is 5.32 Å². The van der Waals surface area contributed by atoms with E-state index >= 15 is 0 Å². The van der Waals surface area contributed by atoms with Crippen LogP contribution in [0, 0.1) is 0 Å². The Labute approximate surface area is 106 Å². The van der Waals surface area contributed by atoms with Crippen molar-refractivity contribution >= 4 is 11.7 Å². The molecule has 2 aromatic carbocycles. The van der Waals surface area contributed by atoms with E-state index in [1.807, 2.05) is 54.6 Å². The van der Waals surface area contributed by atoms with E-state index in [4.69, 9.17) is 5.11 Å². The predicted octanol–water partition coefficient (Wildman–Crippen LogP) is 2.93. The minimum atomic E-state index is -0.810. The molecule has 0 heterocycles. The number of carbonyl (C=O) groups is 1. The number of carboxylic acids is 1. The van der Waals surface area contributed by atoms with Gasteiger partial charge >= 0.3 is 5.97 Å². The summed E-state index contributed by atoms with van der Waals surface area (Å²) in [6.45, 7) is 0.733. The summed E-state index contributed by atoms with van der Waals surface area (Å²) < 4.78 is 0. The fourth-order valence-corrected chi connectivity index (χ4v) is 1.77. The van der Waals surface area contributed by atoms with Crippen LogP contribution in [0.1, 0.15) is 11.1 Å². The highest BCUT2D eigenvalue weighted by atomic mass is 16.4. The average molecular weight is 241 g/mol. The van der Waals surface area contributed by atoms with Crippen LogP contribution in [-0.4, -0.2) is 11.1 Å². The summed E-state index contributed by atoms with van der Waals surface area (Å²) in [5, 5.41) is 12.0. The van der Waals surface area contributed by atoms with Crippen LogP contribution in [-0.2, 0) is 17.8 Å². The molecule has 0 fully saturated rings. The number of anilines is 1. The fraction of sp³-hybridized carbons (Fsp3) is 0.133. The first kappa shape index (κ1) is 12.2. The van der Waals surface area contributed by atoms with Gasteiger partial charge in [0.2, 0.25) is 0 Å². The van der Waals surface area contributed by atoms with Crippen molar-refractivity contribution in [3.8, 4) is 0 Å². The van der Waals surface area contributed by atoms with Gasteiger partial charge in [0.1, 0.15) is 0 Å². The van der Waals surface area contributed by atoms with Gasteiger partial charge in [0.25, 0.3) is 0 Å². The molecule has 0 radical (unpaired) electrons.